The fourth-order valence-electron chi connectivity index (χ4n) is 4.91. The van der Waals surface area contributed by atoms with Crippen LogP contribution in [-0.4, -0.2) is 38.1 Å². The molecule has 228 valence electrons. The Morgan fingerprint density at radius 2 is 1.84 bits per heavy atom. The molecular formula is C33H33F3N6OS. The summed E-state index contributed by atoms with van der Waals surface area (Å²) in [5.41, 5.74) is 4.37. The van der Waals surface area contributed by atoms with Crippen LogP contribution in [0.25, 0.3) is 0 Å². The highest BCUT2D eigenvalue weighted by atomic mass is 32.1. The summed E-state index contributed by atoms with van der Waals surface area (Å²) >= 11 is 5.74. The third-order valence-electron chi connectivity index (χ3n) is 7.20. The average Bonchev–Trinajstić information content (AvgIpc) is 3.40. The van der Waals surface area contributed by atoms with Gasteiger partial charge in [-0.05, 0) is 73.9 Å². The van der Waals surface area contributed by atoms with Crippen molar-refractivity contribution in [3.63, 3.8) is 0 Å². The SMILES string of the molecule is Cc1ccc(NC(=S)N(C(=O)Cc2cncn2Cc2ccc(C#N)cc2)[C@@H](C)CNCc2ccccc2C(F)(F)F)c(C)c1. The molecule has 44 heavy (non-hydrogen) atoms. The Kier molecular flexibility index (Phi) is 10.5. The predicted octanol–water partition coefficient (Wildman–Crippen LogP) is 6.39. The molecule has 2 N–H and O–H groups in total. The second-order valence-electron chi connectivity index (χ2n) is 10.6. The highest BCUT2D eigenvalue weighted by Crippen LogP contribution is 2.31. The van der Waals surface area contributed by atoms with Crippen molar-refractivity contribution in [3.8, 4) is 6.07 Å². The minimum absolute atomic E-state index is 0.00771. The number of carbonyl (C=O) groups is 1. The molecule has 0 aliphatic carbocycles. The van der Waals surface area contributed by atoms with Crippen LogP contribution in [-0.2, 0) is 30.5 Å². The molecule has 3 aromatic carbocycles. The normalized spacial score (nSPS) is 11.9. The maximum Gasteiger partial charge on any atom is 0.416 e. The van der Waals surface area contributed by atoms with E-state index in [2.05, 4.69) is 21.7 Å². The molecule has 4 rings (SSSR count). The lowest BCUT2D eigenvalue weighted by Crippen LogP contribution is -2.50. The quantitative estimate of drug-likeness (QED) is 0.201. The number of nitrogens with one attached hydrogen (secondary N) is 2. The summed E-state index contributed by atoms with van der Waals surface area (Å²) in [4.78, 5) is 19.6. The van der Waals surface area contributed by atoms with Crippen molar-refractivity contribution in [2.75, 3.05) is 11.9 Å². The molecule has 11 heteroatoms. The van der Waals surface area contributed by atoms with E-state index < -0.39 is 17.8 Å². The molecule has 0 unspecified atom stereocenters. The first-order valence-corrected chi connectivity index (χ1v) is 14.4. The van der Waals surface area contributed by atoms with Crippen molar-refractivity contribution in [3.05, 3.63) is 118 Å². The number of thiocarbonyl (C=S) groups is 1. The number of carbonyl (C=O) groups excluding carboxylic acids is 1. The number of anilines is 1. The predicted molar refractivity (Wildman–Crippen MR) is 168 cm³/mol. The number of hydrogen-bond donors (Lipinski definition) is 2. The highest BCUT2D eigenvalue weighted by molar-refractivity contribution is 7.80. The lowest BCUT2D eigenvalue weighted by molar-refractivity contribution is -0.138. The van der Waals surface area contributed by atoms with E-state index in [1.54, 1.807) is 37.6 Å². The third-order valence-corrected chi connectivity index (χ3v) is 7.50. The Morgan fingerprint density at radius 1 is 1.11 bits per heavy atom. The number of hydrogen-bond acceptors (Lipinski definition) is 5. The number of aryl methyl sites for hydroxylation is 2. The van der Waals surface area contributed by atoms with E-state index in [9.17, 15) is 18.0 Å². The van der Waals surface area contributed by atoms with Gasteiger partial charge < -0.3 is 15.2 Å². The van der Waals surface area contributed by atoms with Crippen LogP contribution in [0.1, 0.15) is 46.0 Å². The minimum Gasteiger partial charge on any atom is -0.332 e. The van der Waals surface area contributed by atoms with E-state index in [1.807, 2.05) is 48.7 Å². The van der Waals surface area contributed by atoms with Crippen molar-refractivity contribution in [1.82, 2.24) is 19.8 Å². The number of rotatable bonds is 10. The maximum absolute atomic E-state index is 13.9. The summed E-state index contributed by atoms with van der Waals surface area (Å²) in [6.45, 7) is 6.33. The standard InChI is InChI=1S/C33H33F3N6OS/c1-22-8-13-30(23(2)14-22)40-32(44)42(24(3)17-38-18-27-6-4-5-7-29(27)33(34,35)36)31(43)15-28-19-39-21-41(28)20-26-11-9-25(16-37)10-12-26/h4-14,19,21,24,38H,15,17-18,20H2,1-3H3,(H,40,44)/t24-/m0/s1. The molecule has 0 saturated heterocycles. The number of halogens is 3. The van der Waals surface area contributed by atoms with Crippen molar-refractivity contribution in [2.24, 2.45) is 0 Å². The van der Waals surface area contributed by atoms with Gasteiger partial charge in [-0.2, -0.15) is 18.4 Å². The van der Waals surface area contributed by atoms with Gasteiger partial charge in [-0.25, -0.2) is 4.98 Å². The van der Waals surface area contributed by atoms with Gasteiger partial charge in [0.2, 0.25) is 5.91 Å². The van der Waals surface area contributed by atoms with Gasteiger partial charge in [-0.3, -0.25) is 9.69 Å². The van der Waals surface area contributed by atoms with Gasteiger partial charge in [-0.1, -0.05) is 48.0 Å². The Labute approximate surface area is 260 Å². The van der Waals surface area contributed by atoms with Gasteiger partial charge in [0.1, 0.15) is 0 Å². The van der Waals surface area contributed by atoms with Crippen molar-refractivity contribution >= 4 is 28.9 Å². The molecule has 4 aromatic rings. The summed E-state index contributed by atoms with van der Waals surface area (Å²) in [6, 6.07) is 20.0. The molecular weight excluding hydrogens is 585 g/mol. The van der Waals surface area contributed by atoms with Crippen LogP contribution in [0.15, 0.2) is 79.3 Å². The van der Waals surface area contributed by atoms with Crippen LogP contribution in [0.2, 0.25) is 0 Å². The molecule has 7 nitrogen and oxygen atoms in total. The van der Waals surface area contributed by atoms with Crippen molar-refractivity contribution in [1.29, 1.82) is 5.26 Å². The molecule has 1 atom stereocenters. The van der Waals surface area contributed by atoms with Crippen molar-refractivity contribution in [2.45, 2.75) is 52.5 Å². The second-order valence-corrected chi connectivity index (χ2v) is 11.0. The van der Waals surface area contributed by atoms with Crippen LogP contribution in [0.4, 0.5) is 18.9 Å². The maximum atomic E-state index is 13.9. The molecule has 1 heterocycles. The van der Waals surface area contributed by atoms with Gasteiger partial charge in [0.25, 0.3) is 0 Å². The van der Waals surface area contributed by atoms with Gasteiger partial charge in [0, 0.05) is 43.3 Å². The first-order valence-electron chi connectivity index (χ1n) is 14.0. The summed E-state index contributed by atoms with van der Waals surface area (Å²) in [6.07, 6.45) is -1.21. The van der Waals surface area contributed by atoms with Crippen LogP contribution in [0, 0.1) is 25.2 Å². The number of amides is 1. The molecule has 0 aliphatic heterocycles. The number of nitrogens with zero attached hydrogens (tertiary/aromatic N) is 4. The fraction of sp³-hybridized carbons (Fsp3) is 0.273. The highest BCUT2D eigenvalue weighted by Gasteiger charge is 2.33. The van der Waals surface area contributed by atoms with E-state index in [1.165, 1.54) is 17.0 Å². The molecule has 0 radical (unpaired) electrons. The zero-order chi connectivity index (χ0) is 31.9. The molecule has 0 saturated carbocycles. The largest absolute Gasteiger partial charge is 0.416 e. The molecule has 1 aromatic heterocycles. The Bertz CT molecular complexity index is 1660. The fourth-order valence-corrected chi connectivity index (χ4v) is 5.30. The molecule has 0 aliphatic rings. The lowest BCUT2D eigenvalue weighted by atomic mass is 10.1. The van der Waals surface area contributed by atoms with E-state index in [0.717, 1.165) is 28.4 Å². The van der Waals surface area contributed by atoms with Gasteiger partial charge in [0.05, 0.1) is 29.9 Å². The smallest absolute Gasteiger partial charge is 0.332 e. The minimum atomic E-state index is -4.47. The Hall–Kier alpha value is -4.53. The number of aromatic nitrogens is 2. The summed E-state index contributed by atoms with van der Waals surface area (Å²) < 4.78 is 42.3. The third kappa shape index (κ3) is 8.30. The van der Waals surface area contributed by atoms with Crippen LogP contribution >= 0.6 is 12.2 Å². The Balaban J connectivity index is 1.52. The Morgan fingerprint density at radius 3 is 2.52 bits per heavy atom. The summed E-state index contributed by atoms with van der Waals surface area (Å²) in [5, 5.41) is 15.5. The zero-order valence-corrected chi connectivity index (χ0v) is 25.5. The van der Waals surface area contributed by atoms with E-state index in [-0.39, 0.29) is 36.1 Å². The topological polar surface area (TPSA) is 86.0 Å². The molecule has 1 amide bonds. The van der Waals surface area contributed by atoms with E-state index >= 15 is 0 Å². The number of benzene rings is 3. The van der Waals surface area contributed by atoms with Crippen molar-refractivity contribution < 1.29 is 18.0 Å². The second kappa shape index (κ2) is 14.3. The van der Waals surface area contributed by atoms with Crippen LogP contribution in [0.3, 0.4) is 0 Å². The van der Waals surface area contributed by atoms with Crippen LogP contribution < -0.4 is 10.6 Å². The lowest BCUT2D eigenvalue weighted by Gasteiger charge is -2.31. The summed E-state index contributed by atoms with van der Waals surface area (Å²) in [7, 11) is 0. The van der Waals surface area contributed by atoms with E-state index in [0.29, 0.717) is 17.8 Å². The summed E-state index contributed by atoms with van der Waals surface area (Å²) in [5.74, 6) is -0.293. The molecule has 0 fully saturated rings. The number of imidazole rings is 1. The zero-order valence-electron chi connectivity index (χ0n) is 24.7. The van der Waals surface area contributed by atoms with Gasteiger partial charge in [-0.15, -0.1) is 0 Å². The average molecular weight is 619 g/mol. The number of alkyl halides is 3. The molecule has 0 bridgehead atoms. The van der Waals surface area contributed by atoms with E-state index in [4.69, 9.17) is 17.5 Å². The first-order chi connectivity index (χ1) is 21.0. The first kappa shape index (κ1) is 32.4. The monoisotopic (exact) mass is 618 g/mol. The van der Waals surface area contributed by atoms with Gasteiger partial charge >= 0.3 is 6.18 Å². The molecule has 0 spiro atoms. The number of nitriles is 1. The van der Waals surface area contributed by atoms with Gasteiger partial charge in [0.15, 0.2) is 5.11 Å². The van der Waals surface area contributed by atoms with Crippen LogP contribution in [0.5, 0.6) is 0 Å².